The molecule has 184 valence electrons. The summed E-state index contributed by atoms with van der Waals surface area (Å²) >= 11 is 0. The molecule has 8 nitrogen and oxygen atoms in total. The van der Waals surface area contributed by atoms with Gasteiger partial charge in [-0.25, -0.2) is 4.79 Å². The van der Waals surface area contributed by atoms with Crippen molar-refractivity contribution in [2.45, 2.75) is 72.1 Å². The highest BCUT2D eigenvalue weighted by molar-refractivity contribution is 5.99. The molecule has 0 unspecified atom stereocenters. The summed E-state index contributed by atoms with van der Waals surface area (Å²) in [5.41, 5.74) is -0.166. The fourth-order valence-electron chi connectivity index (χ4n) is 3.93. The second-order valence-corrected chi connectivity index (χ2v) is 10.0. The van der Waals surface area contributed by atoms with Crippen molar-refractivity contribution >= 4 is 17.9 Å². The number of hydrogen-bond donors (Lipinski definition) is 2. The zero-order valence-corrected chi connectivity index (χ0v) is 20.9. The van der Waals surface area contributed by atoms with Crippen molar-refractivity contribution in [1.82, 2.24) is 15.5 Å². The van der Waals surface area contributed by atoms with Gasteiger partial charge in [0.25, 0.3) is 5.91 Å². The van der Waals surface area contributed by atoms with Gasteiger partial charge in [0.1, 0.15) is 17.4 Å². The highest BCUT2D eigenvalue weighted by Gasteiger charge is 2.33. The number of carbonyl (C=O) groups is 3. The van der Waals surface area contributed by atoms with Crippen LogP contribution in [-0.2, 0) is 9.53 Å². The Morgan fingerprint density at radius 3 is 2.36 bits per heavy atom. The number of ether oxygens (including phenoxy) is 2. The molecule has 1 saturated heterocycles. The molecule has 1 fully saturated rings. The van der Waals surface area contributed by atoms with Crippen molar-refractivity contribution in [3.05, 3.63) is 29.8 Å². The van der Waals surface area contributed by atoms with Gasteiger partial charge in [-0.05, 0) is 64.5 Å². The van der Waals surface area contributed by atoms with E-state index in [-0.39, 0.29) is 35.8 Å². The average Bonchev–Trinajstić information content (AvgIpc) is 2.75. The third kappa shape index (κ3) is 7.65. The van der Waals surface area contributed by atoms with Crippen molar-refractivity contribution in [2.24, 2.45) is 11.8 Å². The van der Waals surface area contributed by atoms with Crippen molar-refractivity contribution < 1.29 is 23.9 Å². The number of rotatable bonds is 7. The molecular weight excluding hydrogens is 422 g/mol. The quantitative estimate of drug-likeness (QED) is 0.647. The molecule has 1 aromatic rings. The van der Waals surface area contributed by atoms with E-state index in [1.165, 1.54) is 7.11 Å². The van der Waals surface area contributed by atoms with Gasteiger partial charge in [-0.1, -0.05) is 26.0 Å². The summed E-state index contributed by atoms with van der Waals surface area (Å²) in [5.74, 6) is -0.151. The Morgan fingerprint density at radius 2 is 1.76 bits per heavy atom. The monoisotopic (exact) mass is 461 g/mol. The van der Waals surface area contributed by atoms with E-state index in [4.69, 9.17) is 9.47 Å². The minimum absolute atomic E-state index is 0.105. The van der Waals surface area contributed by atoms with E-state index in [0.29, 0.717) is 24.4 Å². The summed E-state index contributed by atoms with van der Waals surface area (Å²) < 4.78 is 10.8. The molecule has 0 bridgehead atoms. The Bertz CT molecular complexity index is 834. The molecule has 1 heterocycles. The zero-order valence-electron chi connectivity index (χ0n) is 20.9. The molecule has 1 aliphatic rings. The number of likely N-dealkylation sites (tertiary alicyclic amines) is 1. The minimum atomic E-state index is -0.699. The molecule has 0 radical (unpaired) electrons. The van der Waals surface area contributed by atoms with Gasteiger partial charge >= 0.3 is 6.09 Å². The Kier molecular flexibility index (Phi) is 9.14. The molecule has 1 aliphatic heterocycles. The average molecular weight is 462 g/mol. The second kappa shape index (κ2) is 11.4. The van der Waals surface area contributed by atoms with Crippen molar-refractivity contribution in [3.8, 4) is 5.75 Å². The first-order valence-electron chi connectivity index (χ1n) is 11.6. The predicted octanol–water partition coefficient (Wildman–Crippen LogP) is 3.60. The molecule has 2 N–H and O–H groups in total. The third-order valence-electron chi connectivity index (χ3n) is 5.77. The number of piperidine rings is 1. The number of benzene rings is 1. The van der Waals surface area contributed by atoms with E-state index >= 15 is 0 Å². The maximum absolute atomic E-state index is 13.1. The zero-order chi connectivity index (χ0) is 24.8. The van der Waals surface area contributed by atoms with Crippen LogP contribution in [0.15, 0.2) is 24.3 Å². The molecule has 33 heavy (non-hydrogen) atoms. The fraction of sp³-hybridized carbons (Fsp3) is 0.640. The topological polar surface area (TPSA) is 97.0 Å². The van der Waals surface area contributed by atoms with Gasteiger partial charge in [0.15, 0.2) is 0 Å². The smallest absolute Gasteiger partial charge is 0.410 e. The van der Waals surface area contributed by atoms with Gasteiger partial charge in [-0.3, -0.25) is 9.59 Å². The standard InChI is InChI=1S/C25H39N3O5/c1-16(2)21(27-22(29)19-12-8-9-13-20(19)32-7)23(30)26-17(3)18-11-10-14-28(15-18)24(31)33-25(4,5)6/h8-9,12-13,16-18,21H,10-11,14-15H2,1-7H3,(H,26,30)(H,27,29)/t17-,18+,21+/m1/s1. The molecule has 3 amide bonds. The Balaban J connectivity index is 2.01. The highest BCUT2D eigenvalue weighted by Crippen LogP contribution is 2.22. The lowest BCUT2D eigenvalue weighted by Gasteiger charge is -2.37. The normalized spacial score (nSPS) is 18.3. The van der Waals surface area contributed by atoms with E-state index in [1.807, 2.05) is 41.5 Å². The first-order valence-corrected chi connectivity index (χ1v) is 11.6. The summed E-state index contributed by atoms with van der Waals surface area (Å²) in [6.45, 7) is 12.4. The third-order valence-corrected chi connectivity index (χ3v) is 5.77. The van der Waals surface area contributed by atoms with Gasteiger partial charge in [0, 0.05) is 19.1 Å². The number of amides is 3. The molecule has 3 atom stereocenters. The van der Waals surface area contributed by atoms with E-state index < -0.39 is 11.6 Å². The van der Waals surface area contributed by atoms with Gasteiger partial charge in [-0.2, -0.15) is 0 Å². The van der Waals surface area contributed by atoms with Gasteiger partial charge in [0.2, 0.25) is 5.91 Å². The second-order valence-electron chi connectivity index (χ2n) is 10.0. The summed E-state index contributed by atoms with van der Waals surface area (Å²) in [5, 5.41) is 5.91. The first-order chi connectivity index (χ1) is 15.4. The first kappa shape index (κ1) is 26.5. The Hall–Kier alpha value is -2.77. The number of hydrogen-bond acceptors (Lipinski definition) is 5. The van der Waals surface area contributed by atoms with E-state index in [1.54, 1.807) is 29.2 Å². The van der Waals surface area contributed by atoms with Gasteiger partial charge in [-0.15, -0.1) is 0 Å². The van der Waals surface area contributed by atoms with Crippen LogP contribution < -0.4 is 15.4 Å². The number of para-hydroxylation sites is 1. The molecule has 0 saturated carbocycles. The lowest BCUT2D eigenvalue weighted by Crippen LogP contribution is -2.54. The van der Waals surface area contributed by atoms with Crippen molar-refractivity contribution in [1.29, 1.82) is 0 Å². The van der Waals surface area contributed by atoms with Crippen LogP contribution in [0.3, 0.4) is 0 Å². The van der Waals surface area contributed by atoms with Crippen LogP contribution in [0.1, 0.15) is 64.7 Å². The Morgan fingerprint density at radius 1 is 1.09 bits per heavy atom. The number of methoxy groups -OCH3 is 1. The van der Waals surface area contributed by atoms with Crippen LogP contribution in [-0.4, -0.2) is 60.7 Å². The van der Waals surface area contributed by atoms with Crippen LogP contribution in [0, 0.1) is 11.8 Å². The summed E-state index contributed by atoms with van der Waals surface area (Å²) in [4.78, 5) is 40.1. The number of carbonyl (C=O) groups excluding carboxylic acids is 3. The summed E-state index contributed by atoms with van der Waals surface area (Å²) in [6.07, 6.45) is 1.43. The largest absolute Gasteiger partial charge is 0.496 e. The molecular formula is C25H39N3O5. The molecule has 0 aromatic heterocycles. The number of nitrogens with one attached hydrogen (secondary N) is 2. The predicted molar refractivity (Wildman–Crippen MR) is 127 cm³/mol. The fourth-order valence-corrected chi connectivity index (χ4v) is 3.93. The molecule has 0 spiro atoms. The molecule has 0 aliphatic carbocycles. The van der Waals surface area contributed by atoms with Crippen LogP contribution in [0.25, 0.3) is 0 Å². The van der Waals surface area contributed by atoms with Gasteiger partial charge in [0.05, 0.1) is 12.7 Å². The van der Waals surface area contributed by atoms with Crippen LogP contribution in [0.2, 0.25) is 0 Å². The van der Waals surface area contributed by atoms with E-state index in [9.17, 15) is 14.4 Å². The highest BCUT2D eigenvalue weighted by atomic mass is 16.6. The summed E-state index contributed by atoms with van der Waals surface area (Å²) in [6, 6.07) is 6.06. The number of nitrogens with zero attached hydrogens (tertiary/aromatic N) is 1. The van der Waals surface area contributed by atoms with Crippen LogP contribution in [0.4, 0.5) is 4.79 Å². The summed E-state index contributed by atoms with van der Waals surface area (Å²) in [7, 11) is 1.51. The minimum Gasteiger partial charge on any atom is -0.496 e. The maximum atomic E-state index is 13.1. The molecule has 8 heteroatoms. The van der Waals surface area contributed by atoms with Crippen LogP contribution in [0.5, 0.6) is 5.75 Å². The van der Waals surface area contributed by atoms with Crippen LogP contribution >= 0.6 is 0 Å². The van der Waals surface area contributed by atoms with Gasteiger partial charge < -0.3 is 25.0 Å². The van der Waals surface area contributed by atoms with Crippen molar-refractivity contribution in [2.75, 3.05) is 20.2 Å². The van der Waals surface area contributed by atoms with E-state index in [2.05, 4.69) is 10.6 Å². The van der Waals surface area contributed by atoms with E-state index in [0.717, 1.165) is 12.8 Å². The molecule has 2 rings (SSSR count). The van der Waals surface area contributed by atoms with Crippen molar-refractivity contribution in [3.63, 3.8) is 0 Å². The Labute approximate surface area is 197 Å². The SMILES string of the molecule is COc1ccccc1C(=O)N[C@H](C(=O)N[C@H](C)[C@H]1CCCN(C(=O)OC(C)(C)C)C1)C(C)C. The lowest BCUT2D eigenvalue weighted by atomic mass is 9.91. The lowest BCUT2D eigenvalue weighted by molar-refractivity contribution is -0.125. The maximum Gasteiger partial charge on any atom is 0.410 e. The molecule has 1 aromatic carbocycles.